The Labute approximate surface area is 128 Å². The van der Waals surface area contributed by atoms with Gasteiger partial charge in [0.2, 0.25) is 0 Å². The highest BCUT2D eigenvalue weighted by Gasteiger charge is 2.17. The van der Waals surface area contributed by atoms with E-state index >= 15 is 0 Å². The van der Waals surface area contributed by atoms with Gasteiger partial charge in [-0.05, 0) is 50.3 Å². The average molecular weight is 302 g/mol. The van der Waals surface area contributed by atoms with Gasteiger partial charge < -0.3 is 15.6 Å². The zero-order valence-electron chi connectivity index (χ0n) is 12.9. The topological polar surface area (TPSA) is 55.5 Å². The Hall–Kier alpha value is -0.770. The molecule has 0 spiro atoms. The standard InChI is InChI=1S/C16H27NO2.ClH/c1-11(2)5-10-15(18)16(17)13-6-8-14(9-7-13)19-12(3)4;/h6-9,11-12,15-16,18H,5,10,17H2,1-4H3;1H/t15-,16+;/m1./s1. The molecule has 0 radical (unpaired) electrons. The normalized spacial score (nSPS) is 14.0. The number of nitrogens with two attached hydrogens (primary N) is 1. The molecule has 0 amide bonds. The summed E-state index contributed by atoms with van der Waals surface area (Å²) < 4.78 is 5.59. The summed E-state index contributed by atoms with van der Waals surface area (Å²) in [6.07, 6.45) is 1.40. The van der Waals surface area contributed by atoms with Crippen molar-refractivity contribution >= 4 is 12.4 Å². The Morgan fingerprint density at radius 2 is 1.60 bits per heavy atom. The highest BCUT2D eigenvalue weighted by Crippen LogP contribution is 2.22. The number of hydrogen-bond donors (Lipinski definition) is 2. The van der Waals surface area contributed by atoms with Crippen molar-refractivity contribution in [2.24, 2.45) is 11.7 Å². The Kier molecular flexibility index (Phi) is 8.86. The van der Waals surface area contributed by atoms with E-state index in [9.17, 15) is 5.11 Å². The summed E-state index contributed by atoms with van der Waals surface area (Å²) in [6.45, 7) is 8.29. The fraction of sp³-hybridized carbons (Fsp3) is 0.625. The van der Waals surface area contributed by atoms with E-state index in [1.54, 1.807) is 0 Å². The van der Waals surface area contributed by atoms with Crippen LogP contribution in [0.2, 0.25) is 0 Å². The third-order valence-corrected chi connectivity index (χ3v) is 3.09. The molecule has 0 aliphatic heterocycles. The second kappa shape index (κ2) is 9.22. The van der Waals surface area contributed by atoms with Crippen molar-refractivity contribution in [3.63, 3.8) is 0 Å². The first kappa shape index (κ1) is 19.2. The SMILES string of the molecule is CC(C)CC[C@@H](O)[C@@H](N)c1ccc(OC(C)C)cc1.Cl. The number of aliphatic hydroxyl groups excluding tert-OH is 1. The fourth-order valence-corrected chi connectivity index (χ4v) is 1.95. The molecule has 1 rings (SSSR count). The third-order valence-electron chi connectivity index (χ3n) is 3.09. The van der Waals surface area contributed by atoms with Crippen LogP contribution in [0.3, 0.4) is 0 Å². The molecule has 4 heteroatoms. The van der Waals surface area contributed by atoms with Gasteiger partial charge in [0.15, 0.2) is 0 Å². The molecule has 0 heterocycles. The summed E-state index contributed by atoms with van der Waals surface area (Å²) in [7, 11) is 0. The summed E-state index contributed by atoms with van der Waals surface area (Å²) >= 11 is 0. The first-order valence-electron chi connectivity index (χ1n) is 7.10. The zero-order chi connectivity index (χ0) is 14.4. The summed E-state index contributed by atoms with van der Waals surface area (Å²) in [6, 6.07) is 7.35. The van der Waals surface area contributed by atoms with Crippen molar-refractivity contribution in [2.75, 3.05) is 0 Å². The minimum Gasteiger partial charge on any atom is -0.491 e. The summed E-state index contributed by atoms with van der Waals surface area (Å²) in [5, 5.41) is 10.1. The second-order valence-corrected chi connectivity index (χ2v) is 5.80. The van der Waals surface area contributed by atoms with Gasteiger partial charge in [0.05, 0.1) is 18.2 Å². The molecule has 2 atom stereocenters. The summed E-state index contributed by atoms with van der Waals surface area (Å²) in [5.41, 5.74) is 7.04. The Morgan fingerprint density at radius 1 is 1.05 bits per heavy atom. The number of hydrogen-bond acceptors (Lipinski definition) is 3. The van der Waals surface area contributed by atoms with E-state index in [0.717, 1.165) is 24.2 Å². The molecule has 0 aromatic heterocycles. The van der Waals surface area contributed by atoms with Crippen molar-refractivity contribution in [1.29, 1.82) is 0 Å². The van der Waals surface area contributed by atoms with Crippen molar-refractivity contribution in [1.82, 2.24) is 0 Å². The number of aliphatic hydroxyl groups is 1. The smallest absolute Gasteiger partial charge is 0.119 e. The molecule has 116 valence electrons. The first-order chi connectivity index (χ1) is 8.90. The van der Waals surface area contributed by atoms with Gasteiger partial charge in [0.1, 0.15) is 5.75 Å². The van der Waals surface area contributed by atoms with Crippen LogP contribution in [0.25, 0.3) is 0 Å². The Balaban J connectivity index is 0.00000361. The Bertz CT molecular complexity index is 365. The lowest BCUT2D eigenvalue weighted by atomic mass is 9.96. The van der Waals surface area contributed by atoms with Crippen molar-refractivity contribution < 1.29 is 9.84 Å². The molecule has 1 aromatic carbocycles. The molecule has 20 heavy (non-hydrogen) atoms. The van der Waals surface area contributed by atoms with Crippen LogP contribution in [0.5, 0.6) is 5.75 Å². The van der Waals surface area contributed by atoms with E-state index in [1.165, 1.54) is 0 Å². The predicted octanol–water partition coefficient (Wildman–Crippen LogP) is 3.69. The maximum atomic E-state index is 10.1. The molecule has 0 fully saturated rings. The van der Waals surface area contributed by atoms with E-state index in [4.69, 9.17) is 10.5 Å². The Morgan fingerprint density at radius 3 is 2.05 bits per heavy atom. The maximum Gasteiger partial charge on any atom is 0.119 e. The highest BCUT2D eigenvalue weighted by atomic mass is 35.5. The molecule has 0 saturated heterocycles. The largest absolute Gasteiger partial charge is 0.491 e. The van der Waals surface area contributed by atoms with Crippen LogP contribution in [0, 0.1) is 5.92 Å². The lowest BCUT2D eigenvalue weighted by Gasteiger charge is -2.20. The van der Waals surface area contributed by atoms with Crippen LogP contribution in [0.4, 0.5) is 0 Å². The monoisotopic (exact) mass is 301 g/mol. The molecule has 0 saturated carbocycles. The second-order valence-electron chi connectivity index (χ2n) is 5.80. The van der Waals surface area contributed by atoms with Crippen LogP contribution in [-0.4, -0.2) is 17.3 Å². The molecule has 3 N–H and O–H groups in total. The quantitative estimate of drug-likeness (QED) is 0.807. The van der Waals surface area contributed by atoms with Gasteiger partial charge in [0, 0.05) is 0 Å². The number of rotatable bonds is 7. The van der Waals surface area contributed by atoms with Gasteiger partial charge in [-0.1, -0.05) is 26.0 Å². The molecule has 0 bridgehead atoms. The number of benzene rings is 1. The minimum atomic E-state index is -0.487. The zero-order valence-corrected chi connectivity index (χ0v) is 13.7. The van der Waals surface area contributed by atoms with E-state index in [1.807, 2.05) is 38.1 Å². The number of halogens is 1. The average Bonchev–Trinajstić information content (AvgIpc) is 2.35. The van der Waals surface area contributed by atoms with Crippen molar-refractivity contribution in [2.45, 2.75) is 58.8 Å². The number of ether oxygens (including phenoxy) is 1. The molecule has 1 aromatic rings. The van der Waals surface area contributed by atoms with E-state index in [-0.39, 0.29) is 24.6 Å². The molecular weight excluding hydrogens is 274 g/mol. The lowest BCUT2D eigenvalue weighted by Crippen LogP contribution is -2.26. The van der Waals surface area contributed by atoms with Crippen LogP contribution in [0.1, 0.15) is 52.1 Å². The van der Waals surface area contributed by atoms with Crippen LogP contribution < -0.4 is 10.5 Å². The van der Waals surface area contributed by atoms with E-state index in [0.29, 0.717) is 5.92 Å². The first-order valence-corrected chi connectivity index (χ1v) is 7.10. The van der Waals surface area contributed by atoms with Gasteiger partial charge in [0.25, 0.3) is 0 Å². The summed E-state index contributed by atoms with van der Waals surface area (Å²) in [4.78, 5) is 0. The molecule has 3 nitrogen and oxygen atoms in total. The fourth-order valence-electron chi connectivity index (χ4n) is 1.95. The lowest BCUT2D eigenvalue weighted by molar-refractivity contribution is 0.128. The van der Waals surface area contributed by atoms with Gasteiger partial charge in [-0.25, -0.2) is 0 Å². The third kappa shape index (κ3) is 6.60. The van der Waals surface area contributed by atoms with Crippen LogP contribution in [0.15, 0.2) is 24.3 Å². The highest BCUT2D eigenvalue weighted by molar-refractivity contribution is 5.85. The van der Waals surface area contributed by atoms with Gasteiger partial charge >= 0.3 is 0 Å². The van der Waals surface area contributed by atoms with Crippen LogP contribution in [-0.2, 0) is 0 Å². The summed E-state index contributed by atoms with van der Waals surface area (Å²) in [5.74, 6) is 1.42. The van der Waals surface area contributed by atoms with Gasteiger partial charge in [-0.3, -0.25) is 0 Å². The molecule has 0 aliphatic rings. The van der Waals surface area contributed by atoms with E-state index in [2.05, 4.69) is 13.8 Å². The van der Waals surface area contributed by atoms with Gasteiger partial charge in [-0.15, -0.1) is 12.4 Å². The molecule has 0 unspecified atom stereocenters. The maximum absolute atomic E-state index is 10.1. The predicted molar refractivity (Wildman–Crippen MR) is 86.5 cm³/mol. The molecular formula is C16H28ClNO2. The molecule has 0 aliphatic carbocycles. The van der Waals surface area contributed by atoms with Crippen molar-refractivity contribution in [3.8, 4) is 5.75 Å². The van der Waals surface area contributed by atoms with E-state index < -0.39 is 6.10 Å². The minimum absolute atomic E-state index is 0. The van der Waals surface area contributed by atoms with Crippen LogP contribution >= 0.6 is 12.4 Å². The van der Waals surface area contributed by atoms with Crippen molar-refractivity contribution in [3.05, 3.63) is 29.8 Å². The van der Waals surface area contributed by atoms with Gasteiger partial charge in [-0.2, -0.15) is 0 Å².